The molecular weight excluding hydrogens is 206 g/mol. The zero-order valence-electron chi connectivity index (χ0n) is 9.31. The monoisotopic (exact) mass is 224 g/mol. The fraction of sp³-hybridized carbons (Fsp3) is 0.778. The lowest BCUT2D eigenvalue weighted by Crippen LogP contribution is -2.34. The summed E-state index contributed by atoms with van der Waals surface area (Å²) in [5, 5.41) is 0. The molecule has 0 aliphatic rings. The second-order valence-corrected chi connectivity index (χ2v) is 3.30. The molecule has 6 heteroatoms. The number of ether oxygens (including phenoxy) is 1. The van der Waals surface area contributed by atoms with Gasteiger partial charge in [-0.15, -0.1) is 12.1 Å². The van der Waals surface area contributed by atoms with Crippen LogP contribution in [0.15, 0.2) is 12.1 Å². The summed E-state index contributed by atoms with van der Waals surface area (Å²) in [4.78, 5) is 1.67. The molecule has 0 amide bonds. The SMILES string of the molecule is C=C(CN(CC)CCOCC)[B-](F)(F)F. The maximum absolute atomic E-state index is 12.2. The maximum atomic E-state index is 12.2. The van der Waals surface area contributed by atoms with Gasteiger partial charge in [0.25, 0.3) is 0 Å². The normalized spacial score (nSPS) is 12.1. The van der Waals surface area contributed by atoms with E-state index in [0.717, 1.165) is 0 Å². The number of nitrogens with zero attached hydrogens (tertiary/aromatic N) is 1. The largest absolute Gasteiger partial charge is 0.506 e. The molecule has 0 unspecified atom stereocenters. The minimum atomic E-state index is -4.91. The van der Waals surface area contributed by atoms with Gasteiger partial charge in [-0.1, -0.05) is 6.92 Å². The lowest BCUT2D eigenvalue weighted by molar-refractivity contribution is 0.118. The van der Waals surface area contributed by atoms with Gasteiger partial charge in [-0.05, 0) is 20.0 Å². The van der Waals surface area contributed by atoms with Gasteiger partial charge in [-0.25, -0.2) is 0 Å². The summed E-state index contributed by atoms with van der Waals surface area (Å²) in [6, 6.07) is 0. The zero-order chi connectivity index (χ0) is 11.9. The summed E-state index contributed by atoms with van der Waals surface area (Å²) < 4.78 is 41.8. The molecule has 0 rings (SSSR count). The average molecular weight is 224 g/mol. The number of hydrogen-bond acceptors (Lipinski definition) is 2. The third kappa shape index (κ3) is 6.57. The molecule has 0 aromatic carbocycles. The van der Waals surface area contributed by atoms with Crippen molar-refractivity contribution in [1.82, 2.24) is 4.90 Å². The van der Waals surface area contributed by atoms with E-state index in [1.54, 1.807) is 4.90 Å². The van der Waals surface area contributed by atoms with Crippen molar-refractivity contribution in [3.8, 4) is 0 Å². The number of hydrogen-bond donors (Lipinski definition) is 0. The molecule has 0 aromatic rings. The minimum Gasteiger partial charge on any atom is -0.445 e. The summed E-state index contributed by atoms with van der Waals surface area (Å²) >= 11 is 0. The molecule has 0 spiro atoms. The molecule has 0 radical (unpaired) electrons. The molecule has 15 heavy (non-hydrogen) atoms. The Morgan fingerprint density at radius 2 is 1.93 bits per heavy atom. The molecule has 0 saturated carbocycles. The van der Waals surface area contributed by atoms with Crippen LogP contribution in [0.4, 0.5) is 12.9 Å². The smallest absolute Gasteiger partial charge is 0.445 e. The van der Waals surface area contributed by atoms with Crippen LogP contribution in [0, 0.1) is 0 Å². The summed E-state index contributed by atoms with van der Waals surface area (Å²) in [5.74, 6) is 0. The molecule has 0 saturated heterocycles. The van der Waals surface area contributed by atoms with Crippen molar-refractivity contribution in [3.63, 3.8) is 0 Å². The first-order valence-corrected chi connectivity index (χ1v) is 5.09. The first kappa shape index (κ1) is 14.5. The van der Waals surface area contributed by atoms with Crippen LogP contribution in [-0.2, 0) is 4.74 Å². The third-order valence-corrected chi connectivity index (χ3v) is 2.09. The van der Waals surface area contributed by atoms with E-state index in [0.29, 0.717) is 26.3 Å². The molecule has 0 heterocycles. The van der Waals surface area contributed by atoms with E-state index in [4.69, 9.17) is 4.74 Å². The molecule has 0 N–H and O–H groups in total. The first-order chi connectivity index (χ1) is 6.91. The molecule has 0 atom stereocenters. The van der Waals surface area contributed by atoms with Crippen LogP contribution in [0.25, 0.3) is 0 Å². The molecule has 0 aromatic heterocycles. The fourth-order valence-corrected chi connectivity index (χ4v) is 1.08. The summed E-state index contributed by atoms with van der Waals surface area (Å²) in [7, 11) is 0. The molecular formula is C9H18BF3NO-. The standard InChI is InChI=1S/C9H18BF3NO/c1-4-14(6-7-15-5-2)8-9(3)10(11,12)13/h3-8H2,1-2H3/q-1. The molecule has 0 fully saturated rings. The van der Waals surface area contributed by atoms with E-state index in [9.17, 15) is 12.9 Å². The van der Waals surface area contributed by atoms with Crippen molar-refractivity contribution in [1.29, 1.82) is 0 Å². The van der Waals surface area contributed by atoms with Gasteiger partial charge in [-0.3, -0.25) is 0 Å². The van der Waals surface area contributed by atoms with Gasteiger partial charge >= 0.3 is 6.98 Å². The molecule has 0 aliphatic heterocycles. The van der Waals surface area contributed by atoms with Crippen LogP contribution >= 0.6 is 0 Å². The van der Waals surface area contributed by atoms with Crippen molar-refractivity contribution < 1.29 is 17.7 Å². The van der Waals surface area contributed by atoms with Crippen molar-refractivity contribution in [2.24, 2.45) is 0 Å². The van der Waals surface area contributed by atoms with Gasteiger partial charge < -0.3 is 22.6 Å². The van der Waals surface area contributed by atoms with Crippen molar-refractivity contribution >= 4 is 6.98 Å². The number of rotatable bonds is 8. The summed E-state index contributed by atoms with van der Waals surface area (Å²) in [6.45, 7) is 3.83. The highest BCUT2D eigenvalue weighted by atomic mass is 19.4. The van der Waals surface area contributed by atoms with E-state index in [-0.39, 0.29) is 6.54 Å². The molecule has 2 nitrogen and oxygen atoms in total. The lowest BCUT2D eigenvalue weighted by Gasteiger charge is -2.26. The van der Waals surface area contributed by atoms with Gasteiger partial charge in [0.15, 0.2) is 0 Å². The van der Waals surface area contributed by atoms with Gasteiger partial charge in [0.05, 0.1) is 6.61 Å². The topological polar surface area (TPSA) is 12.5 Å². The van der Waals surface area contributed by atoms with E-state index < -0.39 is 12.4 Å². The number of likely N-dealkylation sites (N-methyl/N-ethyl adjacent to an activating group) is 1. The quantitative estimate of drug-likeness (QED) is 0.463. The Hall–Kier alpha value is -0.485. The maximum Gasteiger partial charge on any atom is 0.506 e. The van der Waals surface area contributed by atoms with Gasteiger partial charge in [-0.2, -0.15) is 0 Å². The van der Waals surface area contributed by atoms with E-state index in [2.05, 4.69) is 6.58 Å². The van der Waals surface area contributed by atoms with Crippen LogP contribution in [0.3, 0.4) is 0 Å². The Labute approximate surface area is 89.1 Å². The fourth-order valence-electron chi connectivity index (χ4n) is 1.08. The predicted octanol–water partition coefficient (Wildman–Crippen LogP) is 2.29. The van der Waals surface area contributed by atoms with E-state index in [1.807, 2.05) is 13.8 Å². The summed E-state index contributed by atoms with van der Waals surface area (Å²) in [6.07, 6.45) is 0. The predicted molar refractivity (Wildman–Crippen MR) is 56.8 cm³/mol. The first-order valence-electron chi connectivity index (χ1n) is 5.09. The van der Waals surface area contributed by atoms with Crippen LogP contribution in [0.2, 0.25) is 0 Å². The summed E-state index contributed by atoms with van der Waals surface area (Å²) in [5.41, 5.74) is -0.645. The highest BCUT2D eigenvalue weighted by molar-refractivity contribution is 6.66. The van der Waals surface area contributed by atoms with Crippen molar-refractivity contribution in [2.75, 3.05) is 32.8 Å². The van der Waals surface area contributed by atoms with Crippen LogP contribution in [0.5, 0.6) is 0 Å². The molecule has 0 bridgehead atoms. The molecule has 0 aliphatic carbocycles. The second kappa shape index (κ2) is 6.90. The van der Waals surface area contributed by atoms with Crippen molar-refractivity contribution in [3.05, 3.63) is 12.1 Å². The highest BCUT2D eigenvalue weighted by Gasteiger charge is 2.27. The van der Waals surface area contributed by atoms with Gasteiger partial charge in [0.2, 0.25) is 0 Å². The lowest BCUT2D eigenvalue weighted by atomic mass is 9.80. The Morgan fingerprint density at radius 1 is 1.33 bits per heavy atom. The minimum absolute atomic E-state index is 0.118. The Bertz CT molecular complexity index is 196. The van der Waals surface area contributed by atoms with E-state index in [1.165, 1.54) is 0 Å². The van der Waals surface area contributed by atoms with Crippen LogP contribution in [-0.4, -0.2) is 44.7 Å². The van der Waals surface area contributed by atoms with Crippen molar-refractivity contribution in [2.45, 2.75) is 13.8 Å². The van der Waals surface area contributed by atoms with Crippen LogP contribution < -0.4 is 0 Å². The van der Waals surface area contributed by atoms with Gasteiger partial charge in [0, 0.05) is 13.2 Å². The zero-order valence-corrected chi connectivity index (χ0v) is 9.31. The average Bonchev–Trinajstić information content (AvgIpc) is 2.14. The van der Waals surface area contributed by atoms with Crippen LogP contribution in [0.1, 0.15) is 13.8 Å². The van der Waals surface area contributed by atoms with E-state index >= 15 is 0 Å². The third-order valence-electron chi connectivity index (χ3n) is 2.09. The second-order valence-electron chi connectivity index (χ2n) is 3.30. The Kier molecular flexibility index (Phi) is 6.68. The number of halogens is 3. The highest BCUT2D eigenvalue weighted by Crippen LogP contribution is 2.18. The Morgan fingerprint density at radius 3 is 2.33 bits per heavy atom. The van der Waals surface area contributed by atoms with Gasteiger partial charge in [0.1, 0.15) is 0 Å². The molecule has 90 valence electrons. The Balaban J connectivity index is 3.94.